The molecule has 12 heavy (non-hydrogen) atoms. The molecule has 0 spiro atoms. The molecular formula is C8H9NO2S. The van der Waals surface area contributed by atoms with E-state index in [1.807, 2.05) is 6.20 Å². The number of rotatable bonds is 1. The van der Waals surface area contributed by atoms with Crippen molar-refractivity contribution in [2.45, 2.75) is 19.3 Å². The Labute approximate surface area is 74.2 Å². The highest BCUT2D eigenvalue weighted by molar-refractivity contribution is 7.05. The number of nitrogens with zero attached hydrogens (tertiary/aromatic N) is 1. The first-order chi connectivity index (χ1) is 5.77. The molecule has 2 rings (SSSR count). The van der Waals surface area contributed by atoms with Crippen LogP contribution in [0.15, 0.2) is 6.20 Å². The highest BCUT2D eigenvalue weighted by atomic mass is 32.1. The summed E-state index contributed by atoms with van der Waals surface area (Å²) in [4.78, 5) is 11.8. The average Bonchev–Trinajstić information content (AvgIpc) is 2.49. The van der Waals surface area contributed by atoms with Crippen LogP contribution in [0.25, 0.3) is 0 Å². The number of aromatic nitrogens is 1. The first kappa shape index (κ1) is 7.73. The van der Waals surface area contributed by atoms with Crippen LogP contribution in [0, 0.1) is 5.92 Å². The van der Waals surface area contributed by atoms with Gasteiger partial charge in [-0.25, -0.2) is 4.37 Å². The van der Waals surface area contributed by atoms with E-state index in [1.165, 1.54) is 17.1 Å². The second-order valence-electron chi connectivity index (χ2n) is 3.05. The number of carboxylic acid groups (broad SMARTS) is 1. The Kier molecular flexibility index (Phi) is 1.84. The van der Waals surface area contributed by atoms with Gasteiger partial charge in [-0.2, -0.15) is 0 Å². The van der Waals surface area contributed by atoms with Crippen molar-refractivity contribution < 1.29 is 9.90 Å². The molecule has 0 bridgehead atoms. The number of hydrogen-bond donors (Lipinski definition) is 1. The standard InChI is InChI=1S/C8H9NO2S/c10-8(11)5-1-2-6-4-9-12-7(6)3-5/h4-5H,1-3H2,(H,10,11). The fourth-order valence-corrected chi connectivity index (χ4v) is 2.38. The summed E-state index contributed by atoms with van der Waals surface area (Å²) in [6.45, 7) is 0. The van der Waals surface area contributed by atoms with Crippen molar-refractivity contribution in [2.24, 2.45) is 5.92 Å². The van der Waals surface area contributed by atoms with Gasteiger partial charge in [0.05, 0.1) is 5.92 Å². The van der Waals surface area contributed by atoms with E-state index in [0.717, 1.165) is 17.7 Å². The second kappa shape index (κ2) is 2.86. The fourth-order valence-electron chi connectivity index (χ4n) is 1.52. The Morgan fingerprint density at radius 1 is 1.75 bits per heavy atom. The van der Waals surface area contributed by atoms with Crippen molar-refractivity contribution >= 4 is 17.5 Å². The van der Waals surface area contributed by atoms with E-state index in [-0.39, 0.29) is 5.92 Å². The number of fused-ring (bicyclic) bond motifs is 1. The third kappa shape index (κ3) is 1.22. The molecule has 0 radical (unpaired) electrons. The lowest BCUT2D eigenvalue weighted by Crippen LogP contribution is -2.20. The van der Waals surface area contributed by atoms with Crippen molar-refractivity contribution in [2.75, 3.05) is 0 Å². The summed E-state index contributed by atoms with van der Waals surface area (Å²) in [5.41, 5.74) is 1.25. The van der Waals surface area contributed by atoms with Gasteiger partial charge < -0.3 is 5.11 Å². The predicted octanol–water partition coefficient (Wildman–Crippen LogP) is 1.33. The van der Waals surface area contributed by atoms with Crippen LogP contribution in [0.4, 0.5) is 0 Å². The lowest BCUT2D eigenvalue weighted by Gasteiger charge is -2.16. The van der Waals surface area contributed by atoms with Gasteiger partial charge in [-0.3, -0.25) is 4.79 Å². The van der Waals surface area contributed by atoms with E-state index in [9.17, 15) is 4.79 Å². The molecule has 0 saturated heterocycles. The van der Waals surface area contributed by atoms with Gasteiger partial charge in [0.1, 0.15) is 0 Å². The molecule has 0 saturated carbocycles. The van der Waals surface area contributed by atoms with Gasteiger partial charge in [-0.15, -0.1) is 0 Å². The molecule has 1 heterocycles. The third-order valence-corrected chi connectivity index (χ3v) is 3.13. The molecule has 64 valence electrons. The van der Waals surface area contributed by atoms with Gasteiger partial charge in [0.25, 0.3) is 0 Å². The minimum Gasteiger partial charge on any atom is -0.481 e. The van der Waals surface area contributed by atoms with Gasteiger partial charge >= 0.3 is 5.97 Å². The molecule has 1 unspecified atom stereocenters. The number of hydrogen-bond acceptors (Lipinski definition) is 3. The maximum Gasteiger partial charge on any atom is 0.306 e. The highest BCUT2D eigenvalue weighted by Gasteiger charge is 2.25. The summed E-state index contributed by atoms with van der Waals surface area (Å²) < 4.78 is 4.05. The third-order valence-electron chi connectivity index (χ3n) is 2.27. The zero-order chi connectivity index (χ0) is 8.55. The molecule has 0 aliphatic heterocycles. The zero-order valence-corrected chi connectivity index (χ0v) is 7.30. The highest BCUT2D eigenvalue weighted by Crippen LogP contribution is 2.27. The molecule has 1 aromatic heterocycles. The lowest BCUT2D eigenvalue weighted by molar-refractivity contribution is -0.142. The van der Waals surface area contributed by atoms with Crippen LogP contribution in [0.1, 0.15) is 16.9 Å². The summed E-state index contributed by atoms with van der Waals surface area (Å²) in [7, 11) is 0. The van der Waals surface area contributed by atoms with Crippen LogP contribution in [0.5, 0.6) is 0 Å². The molecule has 4 heteroatoms. The van der Waals surface area contributed by atoms with Gasteiger partial charge in [0, 0.05) is 11.1 Å². The molecule has 1 aromatic rings. The number of carbonyl (C=O) groups is 1. The summed E-state index contributed by atoms with van der Waals surface area (Å²) in [6.07, 6.45) is 4.18. The number of carboxylic acids is 1. The summed E-state index contributed by atoms with van der Waals surface area (Å²) >= 11 is 1.43. The fraction of sp³-hybridized carbons (Fsp3) is 0.500. The quantitative estimate of drug-likeness (QED) is 0.714. The summed E-state index contributed by atoms with van der Waals surface area (Å²) in [6, 6.07) is 0. The van der Waals surface area contributed by atoms with Crippen LogP contribution >= 0.6 is 11.5 Å². The summed E-state index contributed by atoms with van der Waals surface area (Å²) in [5.74, 6) is -0.855. The Bertz CT molecular complexity index is 308. The van der Waals surface area contributed by atoms with Crippen molar-refractivity contribution in [3.63, 3.8) is 0 Å². The van der Waals surface area contributed by atoms with Gasteiger partial charge in [-0.05, 0) is 36.4 Å². The second-order valence-corrected chi connectivity index (χ2v) is 3.94. The van der Waals surface area contributed by atoms with Gasteiger partial charge in [0.2, 0.25) is 0 Å². The molecular weight excluding hydrogens is 174 g/mol. The molecule has 0 fully saturated rings. The SMILES string of the molecule is O=C(O)C1CCc2cnsc2C1. The monoisotopic (exact) mass is 183 g/mol. The molecule has 1 aliphatic rings. The topological polar surface area (TPSA) is 50.2 Å². The lowest BCUT2D eigenvalue weighted by atomic mass is 9.90. The van der Waals surface area contributed by atoms with Crippen molar-refractivity contribution in [3.8, 4) is 0 Å². The first-order valence-electron chi connectivity index (χ1n) is 3.92. The average molecular weight is 183 g/mol. The van der Waals surface area contributed by atoms with Crippen LogP contribution in [0.2, 0.25) is 0 Å². The maximum absolute atomic E-state index is 10.7. The normalized spacial score (nSPS) is 21.8. The maximum atomic E-state index is 10.7. The van der Waals surface area contributed by atoms with E-state index in [4.69, 9.17) is 5.11 Å². The van der Waals surface area contributed by atoms with Gasteiger partial charge in [-0.1, -0.05) is 0 Å². The molecule has 3 nitrogen and oxygen atoms in total. The molecule has 1 N–H and O–H groups in total. The van der Waals surface area contributed by atoms with E-state index in [2.05, 4.69) is 4.37 Å². The largest absolute Gasteiger partial charge is 0.481 e. The number of aliphatic carboxylic acids is 1. The van der Waals surface area contributed by atoms with Crippen molar-refractivity contribution in [3.05, 3.63) is 16.6 Å². The van der Waals surface area contributed by atoms with Crippen molar-refractivity contribution in [1.29, 1.82) is 0 Å². The van der Waals surface area contributed by atoms with Crippen LogP contribution in [-0.2, 0) is 17.6 Å². The smallest absolute Gasteiger partial charge is 0.306 e. The van der Waals surface area contributed by atoms with E-state index in [0.29, 0.717) is 6.42 Å². The Morgan fingerprint density at radius 3 is 3.33 bits per heavy atom. The van der Waals surface area contributed by atoms with Gasteiger partial charge in [0.15, 0.2) is 0 Å². The predicted molar refractivity (Wildman–Crippen MR) is 45.3 cm³/mol. The zero-order valence-electron chi connectivity index (χ0n) is 6.49. The molecule has 0 amide bonds. The minimum absolute atomic E-state index is 0.182. The van der Waals surface area contributed by atoms with Crippen molar-refractivity contribution in [1.82, 2.24) is 4.37 Å². The Morgan fingerprint density at radius 2 is 2.58 bits per heavy atom. The van der Waals surface area contributed by atoms with E-state index in [1.54, 1.807) is 0 Å². The summed E-state index contributed by atoms with van der Waals surface area (Å²) in [5, 5.41) is 8.79. The Balaban J connectivity index is 2.20. The van der Waals surface area contributed by atoms with Crippen LogP contribution < -0.4 is 0 Å². The Hall–Kier alpha value is -0.900. The van der Waals surface area contributed by atoms with E-state index >= 15 is 0 Å². The first-order valence-corrected chi connectivity index (χ1v) is 4.70. The van der Waals surface area contributed by atoms with Crippen LogP contribution in [0.3, 0.4) is 0 Å². The number of aryl methyl sites for hydroxylation is 1. The molecule has 1 atom stereocenters. The minimum atomic E-state index is -0.672. The molecule has 0 aromatic carbocycles. The molecule has 1 aliphatic carbocycles. The van der Waals surface area contributed by atoms with E-state index < -0.39 is 5.97 Å². The van der Waals surface area contributed by atoms with Crippen LogP contribution in [-0.4, -0.2) is 15.4 Å².